The molecule has 0 unspecified atom stereocenters. The summed E-state index contributed by atoms with van der Waals surface area (Å²) in [5.41, 5.74) is 1.95. The Balaban J connectivity index is 2.05. The monoisotopic (exact) mass is 263 g/mol. The van der Waals surface area contributed by atoms with Crippen molar-refractivity contribution in [1.82, 2.24) is 4.90 Å². The first-order valence-corrected chi connectivity index (χ1v) is 6.45. The number of hydrogen-bond donors (Lipinski definition) is 0. The van der Waals surface area contributed by atoms with E-state index in [0.29, 0.717) is 35.9 Å². The van der Waals surface area contributed by atoms with Crippen LogP contribution in [-0.2, 0) is 9.53 Å². The number of carboxylic acids is 1. The highest BCUT2D eigenvalue weighted by Crippen LogP contribution is 2.31. The number of ether oxygens (including phenoxy) is 1. The summed E-state index contributed by atoms with van der Waals surface area (Å²) in [6.07, 6.45) is 1.88. The lowest BCUT2D eigenvalue weighted by Gasteiger charge is -2.33. The van der Waals surface area contributed by atoms with E-state index in [1.807, 2.05) is 17.9 Å². The summed E-state index contributed by atoms with van der Waals surface area (Å²) < 4.78 is 5.91. The maximum atomic E-state index is 11.3. The fraction of sp³-hybridized carbons (Fsp3) is 0.538. The third-order valence-electron chi connectivity index (χ3n) is 3.94. The Morgan fingerprint density at radius 3 is 2.74 bits per heavy atom. The van der Waals surface area contributed by atoms with Crippen molar-refractivity contribution >= 4 is 11.8 Å². The summed E-state index contributed by atoms with van der Waals surface area (Å²) >= 11 is 0. The first-order chi connectivity index (χ1) is 9.02. The number of amidine groups is 1. The van der Waals surface area contributed by atoms with Crippen LogP contribution in [0, 0.1) is 0 Å². The number of hydrogen-bond acceptors (Lipinski definition) is 5. The standard InChI is InChI=1S/C13H17N3O3/c1-9-7-10(2)15-8-16(3-5-19-6-4-16)14-12(15)11(9)13(17)18/h7H,3-6,8H2,1-2H3. The molecule has 0 amide bonds. The van der Waals surface area contributed by atoms with Crippen molar-refractivity contribution < 1.29 is 19.2 Å². The molecule has 0 aromatic rings. The molecule has 3 heterocycles. The first kappa shape index (κ1) is 12.4. The van der Waals surface area contributed by atoms with Gasteiger partial charge in [-0.2, -0.15) is 4.59 Å². The summed E-state index contributed by atoms with van der Waals surface area (Å²) in [6.45, 7) is 7.35. The van der Waals surface area contributed by atoms with Gasteiger partial charge >= 0.3 is 0 Å². The number of rotatable bonds is 1. The van der Waals surface area contributed by atoms with Crippen molar-refractivity contribution in [2.24, 2.45) is 5.10 Å². The Morgan fingerprint density at radius 2 is 2.11 bits per heavy atom. The van der Waals surface area contributed by atoms with Gasteiger partial charge in [-0.15, -0.1) is 0 Å². The van der Waals surface area contributed by atoms with Crippen molar-refractivity contribution in [3.8, 4) is 0 Å². The average molecular weight is 263 g/mol. The number of quaternary nitrogens is 1. The molecule has 0 saturated carbocycles. The van der Waals surface area contributed by atoms with Crippen LogP contribution in [0.3, 0.4) is 0 Å². The minimum atomic E-state index is -1.15. The molecule has 1 fully saturated rings. The van der Waals surface area contributed by atoms with Crippen LogP contribution in [0.2, 0.25) is 0 Å². The molecule has 0 N–H and O–H groups in total. The Hall–Kier alpha value is -1.66. The summed E-state index contributed by atoms with van der Waals surface area (Å²) in [6, 6.07) is 0. The molecule has 1 spiro atoms. The molecule has 0 radical (unpaired) electrons. The summed E-state index contributed by atoms with van der Waals surface area (Å²) in [5.74, 6) is -0.613. The summed E-state index contributed by atoms with van der Waals surface area (Å²) in [7, 11) is 0. The van der Waals surface area contributed by atoms with Gasteiger partial charge in [-0.1, -0.05) is 5.10 Å². The van der Waals surface area contributed by atoms with Crippen molar-refractivity contribution in [1.29, 1.82) is 0 Å². The summed E-state index contributed by atoms with van der Waals surface area (Å²) in [4.78, 5) is 13.3. The van der Waals surface area contributed by atoms with Crippen LogP contribution in [0.4, 0.5) is 0 Å². The molecule has 3 aliphatic heterocycles. The van der Waals surface area contributed by atoms with Gasteiger partial charge in [0.05, 0.1) is 19.2 Å². The number of carboxylic acid groups (broad SMARTS) is 1. The van der Waals surface area contributed by atoms with Gasteiger partial charge in [-0.05, 0) is 25.5 Å². The predicted molar refractivity (Wildman–Crippen MR) is 66.4 cm³/mol. The van der Waals surface area contributed by atoms with Gasteiger partial charge in [0.25, 0.3) is 0 Å². The van der Waals surface area contributed by atoms with Gasteiger partial charge in [0, 0.05) is 11.3 Å². The zero-order valence-corrected chi connectivity index (χ0v) is 11.2. The Kier molecular flexibility index (Phi) is 2.72. The first-order valence-electron chi connectivity index (χ1n) is 6.45. The van der Waals surface area contributed by atoms with E-state index in [4.69, 9.17) is 4.74 Å². The van der Waals surface area contributed by atoms with Gasteiger partial charge in [0.2, 0.25) is 5.84 Å². The lowest BCUT2D eigenvalue weighted by molar-refractivity contribution is -0.941. The van der Waals surface area contributed by atoms with Gasteiger partial charge in [0.1, 0.15) is 13.1 Å². The third kappa shape index (κ3) is 1.87. The fourth-order valence-electron chi connectivity index (χ4n) is 2.90. The lowest BCUT2D eigenvalue weighted by Crippen LogP contribution is -2.52. The number of fused-ring (bicyclic) bond motifs is 1. The number of morpholine rings is 1. The maximum absolute atomic E-state index is 11.3. The minimum absolute atomic E-state index is 0.215. The van der Waals surface area contributed by atoms with Crippen molar-refractivity contribution in [2.45, 2.75) is 13.8 Å². The topological polar surface area (TPSA) is 65.0 Å². The van der Waals surface area contributed by atoms with E-state index < -0.39 is 5.97 Å². The van der Waals surface area contributed by atoms with E-state index in [0.717, 1.165) is 18.8 Å². The SMILES string of the molecule is CC1=CC(C)=C(C(=O)[O-])C2=N[N+]3(CCOCC3)CN12. The van der Waals surface area contributed by atoms with E-state index in [9.17, 15) is 9.90 Å². The van der Waals surface area contributed by atoms with Gasteiger partial charge < -0.3 is 14.6 Å². The van der Waals surface area contributed by atoms with E-state index in [-0.39, 0.29) is 5.57 Å². The number of carbonyl (C=O) groups excluding carboxylic acids is 1. The third-order valence-corrected chi connectivity index (χ3v) is 3.94. The van der Waals surface area contributed by atoms with Crippen molar-refractivity contribution in [2.75, 3.05) is 33.0 Å². The number of allylic oxidation sites excluding steroid dienone is 3. The van der Waals surface area contributed by atoms with Gasteiger partial charge in [-0.25, -0.2) is 0 Å². The highest BCUT2D eigenvalue weighted by molar-refractivity contribution is 6.19. The van der Waals surface area contributed by atoms with Gasteiger partial charge in [-0.3, -0.25) is 4.90 Å². The molecule has 6 heteroatoms. The molecule has 0 atom stereocenters. The molecular formula is C13H17N3O3. The zero-order chi connectivity index (χ0) is 13.6. The molecule has 102 valence electrons. The van der Waals surface area contributed by atoms with E-state index in [1.54, 1.807) is 6.92 Å². The minimum Gasteiger partial charge on any atom is -0.545 e. The largest absolute Gasteiger partial charge is 0.545 e. The molecule has 0 aliphatic carbocycles. The normalized spacial score (nSPS) is 25.3. The van der Waals surface area contributed by atoms with E-state index in [1.165, 1.54) is 0 Å². The summed E-state index contributed by atoms with van der Waals surface area (Å²) in [5, 5.41) is 16.0. The molecule has 0 bridgehead atoms. The molecule has 1 saturated heterocycles. The quantitative estimate of drug-likeness (QED) is 0.593. The second kappa shape index (κ2) is 4.18. The highest BCUT2D eigenvalue weighted by Gasteiger charge is 2.44. The maximum Gasteiger partial charge on any atom is 0.202 e. The van der Waals surface area contributed by atoms with Crippen LogP contribution < -0.4 is 5.11 Å². The Labute approximate surface area is 111 Å². The second-order valence-electron chi connectivity index (χ2n) is 5.28. The van der Waals surface area contributed by atoms with E-state index >= 15 is 0 Å². The van der Waals surface area contributed by atoms with E-state index in [2.05, 4.69) is 5.10 Å². The molecule has 3 rings (SSSR count). The number of nitrogens with zero attached hydrogens (tertiary/aromatic N) is 3. The predicted octanol–water partition coefficient (Wildman–Crippen LogP) is -0.596. The lowest BCUT2D eigenvalue weighted by atomic mass is 10.0. The Bertz CT molecular complexity index is 527. The molecular weight excluding hydrogens is 246 g/mol. The van der Waals surface area contributed by atoms with Crippen LogP contribution >= 0.6 is 0 Å². The van der Waals surface area contributed by atoms with Crippen LogP contribution in [0.25, 0.3) is 0 Å². The van der Waals surface area contributed by atoms with Crippen LogP contribution in [0.5, 0.6) is 0 Å². The number of carbonyl (C=O) groups is 1. The van der Waals surface area contributed by atoms with Crippen LogP contribution in [0.1, 0.15) is 13.8 Å². The second-order valence-corrected chi connectivity index (χ2v) is 5.28. The zero-order valence-electron chi connectivity index (χ0n) is 11.2. The molecule has 0 aromatic carbocycles. The van der Waals surface area contributed by atoms with Gasteiger partial charge in [0.15, 0.2) is 6.67 Å². The Morgan fingerprint density at radius 1 is 1.42 bits per heavy atom. The van der Waals surface area contributed by atoms with Crippen molar-refractivity contribution in [3.05, 3.63) is 22.9 Å². The molecule has 3 aliphatic rings. The number of aliphatic carboxylic acids is 1. The molecule has 19 heavy (non-hydrogen) atoms. The van der Waals surface area contributed by atoms with Crippen LogP contribution in [-0.4, -0.2) is 54.3 Å². The molecule has 0 aromatic heterocycles. The van der Waals surface area contributed by atoms with Crippen LogP contribution in [0.15, 0.2) is 28.0 Å². The average Bonchev–Trinajstić information content (AvgIpc) is 2.69. The fourth-order valence-corrected chi connectivity index (χ4v) is 2.90. The van der Waals surface area contributed by atoms with Crippen molar-refractivity contribution in [3.63, 3.8) is 0 Å². The smallest absolute Gasteiger partial charge is 0.202 e. The highest BCUT2D eigenvalue weighted by atomic mass is 16.5. The molecule has 6 nitrogen and oxygen atoms in total.